The van der Waals surface area contributed by atoms with E-state index < -0.39 is 0 Å². The van der Waals surface area contributed by atoms with E-state index in [2.05, 4.69) is 39.3 Å². The minimum Gasteiger partial charge on any atom is -0.497 e. The first kappa shape index (κ1) is 26.3. The number of carbonyl (C=O) groups excluding carboxylic acids is 1. The number of ether oxygens (including phenoxy) is 3. The highest BCUT2D eigenvalue weighted by atomic mass is 35.5. The van der Waals surface area contributed by atoms with Crippen LogP contribution >= 0.6 is 11.6 Å². The molecule has 10 nitrogen and oxygen atoms in total. The first-order valence-corrected chi connectivity index (χ1v) is 12.4. The van der Waals surface area contributed by atoms with Crippen molar-refractivity contribution < 1.29 is 19.0 Å². The summed E-state index contributed by atoms with van der Waals surface area (Å²) in [5, 5.41) is 6.29. The lowest BCUT2D eigenvalue weighted by molar-refractivity contribution is 0.223. The highest BCUT2D eigenvalue weighted by Crippen LogP contribution is 2.40. The summed E-state index contributed by atoms with van der Waals surface area (Å²) in [7, 11) is 3.04. The lowest BCUT2D eigenvalue weighted by Gasteiger charge is -2.29. The molecule has 11 heteroatoms. The first-order valence-electron chi connectivity index (χ1n) is 12.0. The number of fused-ring (bicyclic) bond motifs is 1. The third-order valence-corrected chi connectivity index (χ3v) is 6.46. The van der Waals surface area contributed by atoms with Gasteiger partial charge in [-0.1, -0.05) is 25.4 Å². The number of rotatable bonds is 11. The van der Waals surface area contributed by atoms with Gasteiger partial charge in [-0.3, -0.25) is 10.2 Å². The molecule has 1 aromatic heterocycles. The fourth-order valence-electron chi connectivity index (χ4n) is 3.91. The van der Waals surface area contributed by atoms with E-state index in [4.69, 9.17) is 25.8 Å². The van der Waals surface area contributed by atoms with E-state index in [1.807, 2.05) is 24.3 Å². The minimum absolute atomic E-state index is 0.233. The molecular weight excluding hydrogens is 496 g/mol. The predicted molar refractivity (Wildman–Crippen MR) is 145 cm³/mol. The Bertz CT molecular complexity index is 1240. The lowest BCUT2D eigenvalue weighted by Crippen LogP contribution is -2.39. The van der Waals surface area contributed by atoms with Crippen LogP contribution in [0.15, 0.2) is 42.6 Å². The average molecular weight is 527 g/mol. The predicted octanol–water partition coefficient (Wildman–Crippen LogP) is 5.16. The zero-order valence-corrected chi connectivity index (χ0v) is 22.1. The number of amides is 2. The Morgan fingerprint density at radius 2 is 1.86 bits per heavy atom. The Morgan fingerprint density at radius 3 is 2.54 bits per heavy atom. The van der Waals surface area contributed by atoms with Gasteiger partial charge in [0, 0.05) is 36.1 Å². The zero-order valence-electron chi connectivity index (χ0n) is 21.4. The van der Waals surface area contributed by atoms with E-state index in [0.29, 0.717) is 40.6 Å². The van der Waals surface area contributed by atoms with Gasteiger partial charge in [-0.25, -0.2) is 9.78 Å². The van der Waals surface area contributed by atoms with Crippen molar-refractivity contribution in [1.82, 2.24) is 14.9 Å². The van der Waals surface area contributed by atoms with Crippen molar-refractivity contribution in [3.63, 3.8) is 0 Å². The molecule has 2 heterocycles. The molecule has 0 aliphatic carbocycles. The van der Waals surface area contributed by atoms with E-state index in [1.54, 1.807) is 18.3 Å². The van der Waals surface area contributed by atoms with Crippen LogP contribution in [0.1, 0.15) is 19.4 Å². The maximum atomic E-state index is 13.0. The molecule has 2 amide bonds. The van der Waals surface area contributed by atoms with Gasteiger partial charge in [-0.05, 0) is 37.4 Å². The van der Waals surface area contributed by atoms with Gasteiger partial charge in [-0.2, -0.15) is 4.98 Å². The van der Waals surface area contributed by atoms with Crippen molar-refractivity contribution in [3.05, 3.63) is 53.2 Å². The monoisotopic (exact) mass is 526 g/mol. The van der Waals surface area contributed by atoms with Crippen LogP contribution in [0.5, 0.6) is 17.2 Å². The van der Waals surface area contributed by atoms with E-state index in [9.17, 15) is 4.79 Å². The van der Waals surface area contributed by atoms with E-state index >= 15 is 0 Å². The van der Waals surface area contributed by atoms with Crippen molar-refractivity contribution in [2.24, 2.45) is 0 Å². The van der Waals surface area contributed by atoms with Crippen LogP contribution in [-0.4, -0.2) is 61.4 Å². The Morgan fingerprint density at radius 1 is 1.11 bits per heavy atom. The van der Waals surface area contributed by atoms with Gasteiger partial charge in [0.2, 0.25) is 5.95 Å². The molecule has 0 radical (unpaired) electrons. The number of methoxy groups -OCH3 is 2. The molecule has 1 aliphatic heterocycles. The van der Waals surface area contributed by atoms with Crippen LogP contribution in [0.25, 0.3) is 0 Å². The molecule has 0 saturated carbocycles. The highest BCUT2D eigenvalue weighted by Gasteiger charge is 2.28. The second-order valence-electron chi connectivity index (χ2n) is 8.27. The topological polar surface area (TPSA) is 101 Å². The Kier molecular flexibility index (Phi) is 8.52. The van der Waals surface area contributed by atoms with Crippen molar-refractivity contribution in [3.8, 4) is 17.2 Å². The third kappa shape index (κ3) is 6.15. The fourth-order valence-corrected chi connectivity index (χ4v) is 4.20. The van der Waals surface area contributed by atoms with Crippen molar-refractivity contribution in [1.29, 1.82) is 0 Å². The SMILES string of the molecule is CCN(CC)CCOc1ccc(Nc2ncc3c(n2)NC(=O)N(c2cc(OC)cc(OC)c2Cl)C3)cc1. The highest BCUT2D eigenvalue weighted by molar-refractivity contribution is 6.35. The lowest BCUT2D eigenvalue weighted by atomic mass is 10.2. The number of urea groups is 1. The molecule has 0 fully saturated rings. The van der Waals surface area contributed by atoms with Crippen molar-refractivity contribution in [2.45, 2.75) is 20.4 Å². The van der Waals surface area contributed by atoms with Crippen molar-refractivity contribution >= 4 is 40.8 Å². The standard InChI is InChI=1S/C26H31ClN6O4/c1-5-32(6-2)11-12-37-19-9-7-18(8-10-19)29-25-28-15-17-16-33(26(34)31-24(17)30-25)21-13-20(35-3)14-22(36-4)23(21)27/h7-10,13-15H,5-6,11-12,16H2,1-4H3,(H2,28,29,30,31,34). The van der Waals surface area contributed by atoms with Crippen LogP contribution in [0, 0.1) is 0 Å². The second kappa shape index (κ2) is 12.0. The molecule has 196 valence electrons. The Labute approximate surface area is 221 Å². The Hall–Kier alpha value is -3.76. The molecule has 0 bridgehead atoms. The number of hydrogen-bond acceptors (Lipinski definition) is 8. The fraction of sp³-hybridized carbons (Fsp3) is 0.346. The van der Waals surface area contributed by atoms with Gasteiger partial charge < -0.3 is 24.4 Å². The smallest absolute Gasteiger partial charge is 0.327 e. The molecule has 4 rings (SSSR count). The number of nitrogens with zero attached hydrogens (tertiary/aromatic N) is 4. The maximum Gasteiger partial charge on any atom is 0.327 e. The van der Waals surface area contributed by atoms with Crippen molar-refractivity contribution in [2.75, 3.05) is 56.0 Å². The molecule has 2 N–H and O–H groups in total. The summed E-state index contributed by atoms with van der Waals surface area (Å²) in [6, 6.07) is 10.6. The number of carbonyl (C=O) groups is 1. The summed E-state index contributed by atoms with van der Waals surface area (Å²) in [6.07, 6.45) is 1.67. The number of aromatic nitrogens is 2. The normalized spacial score (nSPS) is 12.7. The number of benzene rings is 2. The zero-order chi connectivity index (χ0) is 26.4. The summed E-state index contributed by atoms with van der Waals surface area (Å²) < 4.78 is 16.5. The van der Waals surface area contributed by atoms with E-state index in [-0.39, 0.29) is 12.6 Å². The first-order chi connectivity index (χ1) is 17.9. The average Bonchev–Trinajstić information content (AvgIpc) is 2.92. The Balaban J connectivity index is 1.43. The van der Waals surface area contributed by atoms with Gasteiger partial charge in [-0.15, -0.1) is 0 Å². The summed E-state index contributed by atoms with van der Waals surface area (Å²) >= 11 is 6.49. The van der Waals surface area contributed by atoms with E-state index in [1.165, 1.54) is 19.1 Å². The summed E-state index contributed by atoms with van der Waals surface area (Å²) in [5.41, 5.74) is 2.00. The molecule has 0 spiro atoms. The molecule has 1 aliphatic rings. The van der Waals surface area contributed by atoms with Gasteiger partial charge in [0.25, 0.3) is 0 Å². The molecule has 0 unspecified atom stereocenters. The van der Waals surface area contributed by atoms with Crippen LogP contribution in [-0.2, 0) is 6.54 Å². The number of hydrogen-bond donors (Lipinski definition) is 2. The molecule has 0 atom stereocenters. The number of halogens is 1. The minimum atomic E-state index is -0.374. The van der Waals surface area contributed by atoms with Gasteiger partial charge in [0.1, 0.15) is 34.7 Å². The van der Waals surface area contributed by atoms with Gasteiger partial charge in [0.15, 0.2) is 0 Å². The summed E-state index contributed by atoms with van der Waals surface area (Å²) in [6.45, 7) is 8.04. The van der Waals surface area contributed by atoms with Crippen LogP contribution < -0.4 is 29.7 Å². The summed E-state index contributed by atoms with van der Waals surface area (Å²) in [4.78, 5) is 25.7. The summed E-state index contributed by atoms with van der Waals surface area (Å²) in [5.74, 6) is 2.52. The molecule has 0 saturated heterocycles. The van der Waals surface area contributed by atoms with Gasteiger partial charge >= 0.3 is 6.03 Å². The third-order valence-electron chi connectivity index (χ3n) is 6.08. The number of anilines is 4. The van der Waals surface area contributed by atoms with E-state index in [0.717, 1.165) is 36.6 Å². The molecule has 3 aromatic rings. The van der Waals surface area contributed by atoms with Crippen LogP contribution in [0.3, 0.4) is 0 Å². The van der Waals surface area contributed by atoms with Gasteiger partial charge in [0.05, 0.1) is 26.5 Å². The van der Waals surface area contributed by atoms with Crippen LogP contribution in [0.4, 0.5) is 27.9 Å². The second-order valence-corrected chi connectivity index (χ2v) is 8.65. The number of nitrogens with one attached hydrogen (secondary N) is 2. The molecular formula is C26H31ClN6O4. The van der Waals surface area contributed by atoms with Crippen LogP contribution in [0.2, 0.25) is 5.02 Å². The molecule has 37 heavy (non-hydrogen) atoms. The molecule has 2 aromatic carbocycles. The maximum absolute atomic E-state index is 13.0. The quantitative estimate of drug-likeness (QED) is 0.353. The number of likely N-dealkylation sites (N-methyl/N-ethyl adjacent to an activating group) is 1. The largest absolute Gasteiger partial charge is 0.497 e.